The minimum atomic E-state index is -0.231. The largest absolute Gasteiger partial charge is 0.347 e. The van der Waals surface area contributed by atoms with Crippen LogP contribution in [0.25, 0.3) is 10.9 Å². The van der Waals surface area contributed by atoms with E-state index in [1.54, 1.807) is 22.3 Å². The van der Waals surface area contributed by atoms with Crippen molar-refractivity contribution in [3.8, 4) is 0 Å². The smallest absolute Gasteiger partial charge is 0.226 e. The van der Waals surface area contributed by atoms with Gasteiger partial charge in [0.25, 0.3) is 0 Å². The summed E-state index contributed by atoms with van der Waals surface area (Å²) in [5, 5.41) is 19.5. The molecule has 144 valence electrons. The number of thiophene rings is 1. The van der Waals surface area contributed by atoms with Gasteiger partial charge in [0.05, 0.1) is 23.7 Å². The molecule has 0 saturated carbocycles. The molecule has 8 heteroatoms. The van der Waals surface area contributed by atoms with Crippen LogP contribution in [0.1, 0.15) is 31.9 Å². The third-order valence-electron chi connectivity index (χ3n) is 4.64. The Morgan fingerprint density at radius 1 is 1.25 bits per heavy atom. The van der Waals surface area contributed by atoms with Crippen molar-refractivity contribution in [1.82, 2.24) is 24.8 Å². The molecule has 0 radical (unpaired) electrons. The molecule has 4 rings (SSSR count). The minimum absolute atomic E-state index is 0.0733. The first-order valence-electron chi connectivity index (χ1n) is 9.24. The van der Waals surface area contributed by atoms with Crippen LogP contribution in [0.5, 0.6) is 0 Å². The average Bonchev–Trinajstić information content (AvgIpc) is 3.42. The van der Waals surface area contributed by atoms with Crippen LogP contribution in [0.15, 0.2) is 53.6 Å². The van der Waals surface area contributed by atoms with Gasteiger partial charge in [-0.1, -0.05) is 19.9 Å². The number of nitrogens with zero attached hydrogens (tertiary/aromatic N) is 5. The molecule has 28 heavy (non-hydrogen) atoms. The highest BCUT2D eigenvalue weighted by atomic mass is 32.1. The first kappa shape index (κ1) is 18.4. The van der Waals surface area contributed by atoms with E-state index >= 15 is 0 Å². The van der Waals surface area contributed by atoms with Crippen LogP contribution in [0, 0.1) is 5.92 Å². The summed E-state index contributed by atoms with van der Waals surface area (Å²) in [7, 11) is 0. The third-order valence-corrected chi connectivity index (χ3v) is 5.34. The molecule has 0 saturated heterocycles. The molecule has 3 aromatic heterocycles. The number of carbonyl (C=O) groups excluding carboxylic acids is 1. The van der Waals surface area contributed by atoms with Gasteiger partial charge in [-0.25, -0.2) is 4.68 Å². The van der Waals surface area contributed by atoms with Crippen LogP contribution >= 0.6 is 11.3 Å². The molecule has 1 atom stereocenters. The van der Waals surface area contributed by atoms with Crippen molar-refractivity contribution in [3.63, 3.8) is 0 Å². The Bertz CT molecular complexity index is 1020. The molecule has 3 heterocycles. The summed E-state index contributed by atoms with van der Waals surface area (Å²) in [5.41, 5.74) is 2.97. The highest BCUT2D eigenvalue weighted by Gasteiger charge is 2.20. The number of tetrazole rings is 1. The number of amides is 1. The second-order valence-electron chi connectivity index (χ2n) is 7.21. The summed E-state index contributed by atoms with van der Waals surface area (Å²) in [5.74, 6) is 0.479. The standard InChI is InChI=1S/C20H22N6OS/c1-14(2)11-25-8-6-16-17(4-3-5-18(16)25)22-20(27)10-19(15-7-9-28-12-15)26-13-21-23-24-26/h3-9,12-14,19H,10-11H2,1-2H3,(H,22,27)/t19-/m1/s1. The van der Waals surface area contributed by atoms with E-state index in [0.29, 0.717) is 5.92 Å². The van der Waals surface area contributed by atoms with Gasteiger partial charge in [0.15, 0.2) is 0 Å². The summed E-state index contributed by atoms with van der Waals surface area (Å²) in [4.78, 5) is 12.8. The lowest BCUT2D eigenvalue weighted by atomic mass is 10.1. The normalized spacial score (nSPS) is 12.5. The maximum absolute atomic E-state index is 12.8. The molecule has 0 fully saturated rings. The molecule has 0 spiro atoms. The van der Waals surface area contributed by atoms with E-state index in [1.807, 2.05) is 29.0 Å². The fraction of sp³-hybridized carbons (Fsp3) is 0.300. The summed E-state index contributed by atoms with van der Waals surface area (Å²) in [6, 6.07) is 9.83. The fourth-order valence-electron chi connectivity index (χ4n) is 3.40. The zero-order chi connectivity index (χ0) is 19.5. The average molecular weight is 395 g/mol. The van der Waals surface area contributed by atoms with Gasteiger partial charge in [0.2, 0.25) is 5.91 Å². The van der Waals surface area contributed by atoms with E-state index in [-0.39, 0.29) is 18.4 Å². The van der Waals surface area contributed by atoms with E-state index in [4.69, 9.17) is 0 Å². The quantitative estimate of drug-likeness (QED) is 0.515. The SMILES string of the molecule is CC(C)Cn1ccc2c(NC(=O)C[C@H](c3ccsc3)n3cnnn3)cccc21. The van der Waals surface area contributed by atoms with Crippen LogP contribution in [0.4, 0.5) is 5.69 Å². The number of hydrogen-bond donors (Lipinski definition) is 1. The summed E-state index contributed by atoms with van der Waals surface area (Å²) in [6.45, 7) is 5.34. The van der Waals surface area contributed by atoms with Crippen LogP contribution < -0.4 is 5.32 Å². The highest BCUT2D eigenvalue weighted by Crippen LogP contribution is 2.27. The molecule has 1 N–H and O–H groups in total. The number of fused-ring (bicyclic) bond motifs is 1. The van der Waals surface area contributed by atoms with Crippen molar-refractivity contribution in [2.45, 2.75) is 32.9 Å². The van der Waals surface area contributed by atoms with Crippen molar-refractivity contribution in [2.75, 3.05) is 5.32 Å². The molecule has 4 aromatic rings. The van der Waals surface area contributed by atoms with Gasteiger partial charge in [0, 0.05) is 18.1 Å². The Balaban J connectivity index is 1.55. The molecular formula is C20H22N6OS. The summed E-state index contributed by atoms with van der Waals surface area (Å²) < 4.78 is 3.85. The van der Waals surface area contributed by atoms with Gasteiger partial charge in [-0.3, -0.25) is 4.79 Å². The molecule has 0 bridgehead atoms. The summed E-state index contributed by atoms with van der Waals surface area (Å²) >= 11 is 1.59. The monoisotopic (exact) mass is 394 g/mol. The Morgan fingerprint density at radius 3 is 2.86 bits per heavy atom. The predicted octanol–water partition coefficient (Wildman–Crippen LogP) is 3.96. The molecule has 0 aliphatic heterocycles. The molecule has 0 unspecified atom stereocenters. The second-order valence-corrected chi connectivity index (χ2v) is 7.99. The molecular weight excluding hydrogens is 372 g/mol. The van der Waals surface area contributed by atoms with Crippen LogP contribution in [-0.4, -0.2) is 30.7 Å². The van der Waals surface area contributed by atoms with Crippen LogP contribution in [0.2, 0.25) is 0 Å². The first-order valence-corrected chi connectivity index (χ1v) is 10.2. The van der Waals surface area contributed by atoms with Gasteiger partial charge < -0.3 is 9.88 Å². The van der Waals surface area contributed by atoms with Gasteiger partial charge in [-0.05, 0) is 56.9 Å². The Morgan fingerprint density at radius 2 is 2.14 bits per heavy atom. The van der Waals surface area contributed by atoms with Gasteiger partial charge in [-0.15, -0.1) is 5.10 Å². The predicted molar refractivity (Wildman–Crippen MR) is 110 cm³/mol. The number of rotatable bonds is 7. The lowest BCUT2D eigenvalue weighted by Crippen LogP contribution is -2.20. The Kier molecular flexibility index (Phi) is 5.21. The number of hydrogen-bond acceptors (Lipinski definition) is 5. The van der Waals surface area contributed by atoms with Crippen molar-refractivity contribution < 1.29 is 4.79 Å². The molecule has 0 aliphatic carbocycles. The van der Waals surface area contributed by atoms with Crippen LogP contribution in [0.3, 0.4) is 0 Å². The molecule has 1 aromatic carbocycles. The number of anilines is 1. The maximum atomic E-state index is 12.8. The zero-order valence-corrected chi connectivity index (χ0v) is 16.6. The van der Waals surface area contributed by atoms with Crippen molar-refractivity contribution >= 4 is 33.8 Å². The van der Waals surface area contributed by atoms with Crippen LogP contribution in [-0.2, 0) is 11.3 Å². The number of carbonyl (C=O) groups is 1. The third kappa shape index (κ3) is 3.82. The topological polar surface area (TPSA) is 77.6 Å². The zero-order valence-electron chi connectivity index (χ0n) is 15.8. The summed E-state index contributed by atoms with van der Waals surface area (Å²) in [6.07, 6.45) is 3.88. The minimum Gasteiger partial charge on any atom is -0.347 e. The number of aromatic nitrogens is 5. The second kappa shape index (κ2) is 7.93. The lowest BCUT2D eigenvalue weighted by Gasteiger charge is -2.15. The Labute approximate surface area is 167 Å². The lowest BCUT2D eigenvalue weighted by molar-refractivity contribution is -0.116. The van der Waals surface area contributed by atoms with Crippen molar-refractivity contribution in [1.29, 1.82) is 0 Å². The maximum Gasteiger partial charge on any atom is 0.226 e. The van der Waals surface area contributed by atoms with E-state index in [9.17, 15) is 4.79 Å². The van der Waals surface area contributed by atoms with E-state index in [1.165, 1.54) is 0 Å². The number of nitrogens with one attached hydrogen (secondary N) is 1. The van der Waals surface area contributed by atoms with E-state index < -0.39 is 0 Å². The van der Waals surface area contributed by atoms with Crippen molar-refractivity contribution in [3.05, 3.63) is 59.2 Å². The van der Waals surface area contributed by atoms with E-state index in [2.05, 4.69) is 57.6 Å². The molecule has 0 aliphatic rings. The van der Waals surface area contributed by atoms with Gasteiger partial charge >= 0.3 is 0 Å². The van der Waals surface area contributed by atoms with E-state index in [0.717, 1.165) is 28.7 Å². The van der Waals surface area contributed by atoms with Gasteiger partial charge in [-0.2, -0.15) is 11.3 Å². The molecule has 1 amide bonds. The Hall–Kier alpha value is -3.00. The molecule has 7 nitrogen and oxygen atoms in total. The fourth-order valence-corrected chi connectivity index (χ4v) is 4.11. The highest BCUT2D eigenvalue weighted by molar-refractivity contribution is 7.08. The van der Waals surface area contributed by atoms with Crippen molar-refractivity contribution in [2.24, 2.45) is 5.92 Å². The first-order chi connectivity index (χ1) is 13.6. The van der Waals surface area contributed by atoms with Gasteiger partial charge in [0.1, 0.15) is 6.33 Å². The number of benzene rings is 1.